The number of carbonyl (C=O) groups excluding carboxylic acids is 1. The van der Waals surface area contributed by atoms with Crippen molar-refractivity contribution in [3.05, 3.63) is 46.3 Å². The van der Waals surface area contributed by atoms with E-state index in [9.17, 15) is 13.2 Å². The van der Waals surface area contributed by atoms with E-state index in [2.05, 4.69) is 20.7 Å². The summed E-state index contributed by atoms with van der Waals surface area (Å²) in [6.45, 7) is 2.74. The molecule has 0 bridgehead atoms. The summed E-state index contributed by atoms with van der Waals surface area (Å²) >= 11 is 4.56. The first-order valence-corrected chi connectivity index (χ1v) is 11.8. The van der Waals surface area contributed by atoms with Gasteiger partial charge in [-0.15, -0.1) is 11.3 Å². The molecule has 9 heteroatoms. The van der Waals surface area contributed by atoms with E-state index >= 15 is 0 Å². The first kappa shape index (κ1) is 20.3. The van der Waals surface area contributed by atoms with Crippen molar-refractivity contribution < 1.29 is 17.9 Å². The zero-order valence-electron chi connectivity index (χ0n) is 14.8. The average Bonchev–Trinajstić information content (AvgIpc) is 3.19. The molecule has 2 heterocycles. The third-order valence-corrected chi connectivity index (χ3v) is 7.81. The second-order valence-electron chi connectivity index (χ2n) is 6.37. The highest BCUT2D eigenvalue weighted by molar-refractivity contribution is 9.10. The first-order chi connectivity index (χ1) is 12.8. The Morgan fingerprint density at radius 2 is 1.93 bits per heavy atom. The lowest BCUT2D eigenvalue weighted by molar-refractivity contribution is -0.139. The third kappa shape index (κ3) is 5.31. The van der Waals surface area contributed by atoms with Crippen LogP contribution in [0.25, 0.3) is 0 Å². The Morgan fingerprint density at radius 1 is 1.26 bits per heavy atom. The summed E-state index contributed by atoms with van der Waals surface area (Å²) < 4.78 is 34.3. The van der Waals surface area contributed by atoms with Gasteiger partial charge < -0.3 is 9.64 Å². The van der Waals surface area contributed by atoms with E-state index in [1.807, 2.05) is 12.1 Å². The molecule has 1 aliphatic rings. The number of nitrogens with one attached hydrogen (secondary N) is 1. The largest absolute Gasteiger partial charge is 0.481 e. The molecule has 1 aliphatic heterocycles. The predicted octanol–water partition coefficient (Wildman–Crippen LogP) is 3.25. The number of ether oxygens (including phenoxy) is 1. The molecular formula is C18H21BrN2O4S2. The van der Waals surface area contributed by atoms with Gasteiger partial charge in [-0.05, 0) is 55.5 Å². The van der Waals surface area contributed by atoms with Crippen LogP contribution in [0.2, 0.25) is 0 Å². The van der Waals surface area contributed by atoms with Crippen molar-refractivity contribution in [1.82, 2.24) is 9.62 Å². The van der Waals surface area contributed by atoms with Crippen molar-refractivity contribution in [2.75, 3.05) is 13.1 Å². The molecule has 1 saturated heterocycles. The number of sulfonamides is 1. The van der Waals surface area contributed by atoms with Gasteiger partial charge in [-0.2, -0.15) is 0 Å². The highest BCUT2D eigenvalue weighted by Gasteiger charge is 2.29. The van der Waals surface area contributed by atoms with Crippen LogP contribution in [0.5, 0.6) is 5.75 Å². The molecule has 0 aliphatic carbocycles. The number of halogens is 1. The second kappa shape index (κ2) is 8.72. The SMILES string of the molecule is CC(Oc1ccc(Br)cc1)C(=O)N1CCC(NS(=O)(=O)c2cccs2)CC1. The lowest BCUT2D eigenvalue weighted by atomic mass is 10.1. The van der Waals surface area contributed by atoms with Gasteiger partial charge in [0.25, 0.3) is 5.91 Å². The highest BCUT2D eigenvalue weighted by Crippen LogP contribution is 2.21. The average molecular weight is 473 g/mol. The summed E-state index contributed by atoms with van der Waals surface area (Å²) in [4.78, 5) is 14.3. The molecule has 6 nitrogen and oxygen atoms in total. The maximum Gasteiger partial charge on any atom is 0.263 e. The van der Waals surface area contributed by atoms with E-state index in [1.165, 1.54) is 11.3 Å². The number of benzene rings is 1. The standard InChI is InChI=1S/C18H21BrN2O4S2/c1-13(25-16-6-4-14(19)5-7-16)18(22)21-10-8-15(9-11-21)20-27(23,24)17-3-2-12-26-17/h2-7,12-13,15,20H,8-11H2,1H3. The normalized spacial score (nSPS) is 16.9. The quantitative estimate of drug-likeness (QED) is 0.699. The van der Waals surface area contributed by atoms with Crippen LogP contribution in [0.3, 0.4) is 0 Å². The van der Waals surface area contributed by atoms with Gasteiger partial charge in [0, 0.05) is 23.6 Å². The van der Waals surface area contributed by atoms with Gasteiger partial charge in [0.15, 0.2) is 6.10 Å². The number of hydrogen-bond acceptors (Lipinski definition) is 5. The number of rotatable bonds is 6. The van der Waals surface area contributed by atoms with E-state index in [4.69, 9.17) is 4.74 Å². The summed E-state index contributed by atoms with van der Waals surface area (Å²) in [5, 5.41) is 1.74. The molecule has 1 aromatic carbocycles. The van der Waals surface area contributed by atoms with E-state index < -0.39 is 16.1 Å². The molecule has 1 aromatic heterocycles. The molecule has 2 aromatic rings. The summed E-state index contributed by atoms with van der Waals surface area (Å²) in [6, 6.07) is 10.5. The Balaban J connectivity index is 1.51. The van der Waals surface area contributed by atoms with Crippen LogP contribution in [0.1, 0.15) is 19.8 Å². The minimum atomic E-state index is -3.48. The maximum absolute atomic E-state index is 12.6. The zero-order chi connectivity index (χ0) is 19.4. The van der Waals surface area contributed by atoms with Gasteiger partial charge in [-0.1, -0.05) is 22.0 Å². The Hall–Kier alpha value is -1.42. The molecule has 0 spiro atoms. The van der Waals surface area contributed by atoms with E-state index in [0.29, 0.717) is 35.9 Å². The van der Waals surface area contributed by atoms with Crippen molar-refractivity contribution in [2.24, 2.45) is 0 Å². The summed E-state index contributed by atoms with van der Waals surface area (Å²) in [7, 11) is -3.48. The van der Waals surface area contributed by atoms with Crippen molar-refractivity contribution >= 4 is 43.2 Å². The summed E-state index contributed by atoms with van der Waals surface area (Å²) in [5.74, 6) is 0.551. The lowest BCUT2D eigenvalue weighted by Gasteiger charge is -2.33. The molecule has 1 amide bonds. The van der Waals surface area contributed by atoms with Gasteiger partial charge in [0.1, 0.15) is 9.96 Å². The molecule has 1 fully saturated rings. The van der Waals surface area contributed by atoms with Crippen LogP contribution in [0.4, 0.5) is 0 Å². The van der Waals surface area contributed by atoms with E-state index in [-0.39, 0.29) is 11.9 Å². The third-order valence-electron chi connectivity index (χ3n) is 4.36. The first-order valence-electron chi connectivity index (χ1n) is 8.62. The van der Waals surface area contributed by atoms with Gasteiger partial charge in [0.05, 0.1) is 0 Å². The van der Waals surface area contributed by atoms with Gasteiger partial charge in [-0.25, -0.2) is 13.1 Å². The number of thiophene rings is 1. The fraction of sp³-hybridized carbons (Fsp3) is 0.389. The molecule has 1 N–H and O–H groups in total. The van der Waals surface area contributed by atoms with Crippen molar-refractivity contribution in [3.63, 3.8) is 0 Å². The number of amides is 1. The molecular weight excluding hydrogens is 452 g/mol. The van der Waals surface area contributed by atoms with Crippen LogP contribution < -0.4 is 9.46 Å². The number of nitrogens with zero attached hydrogens (tertiary/aromatic N) is 1. The molecule has 27 heavy (non-hydrogen) atoms. The van der Waals surface area contributed by atoms with E-state index in [1.54, 1.807) is 41.5 Å². The molecule has 146 valence electrons. The van der Waals surface area contributed by atoms with Gasteiger partial charge >= 0.3 is 0 Å². The number of piperidine rings is 1. The monoisotopic (exact) mass is 472 g/mol. The molecule has 0 radical (unpaired) electrons. The fourth-order valence-electron chi connectivity index (χ4n) is 2.94. The smallest absolute Gasteiger partial charge is 0.263 e. The van der Waals surface area contributed by atoms with Crippen LogP contribution in [0, 0.1) is 0 Å². The van der Waals surface area contributed by atoms with Gasteiger partial charge in [0.2, 0.25) is 10.0 Å². The number of likely N-dealkylation sites (tertiary alicyclic amines) is 1. The number of carbonyl (C=O) groups is 1. The zero-order valence-corrected chi connectivity index (χ0v) is 18.0. The van der Waals surface area contributed by atoms with Crippen LogP contribution >= 0.6 is 27.3 Å². The Kier molecular flexibility index (Phi) is 6.56. The number of hydrogen-bond donors (Lipinski definition) is 1. The predicted molar refractivity (Wildman–Crippen MR) is 108 cm³/mol. The summed E-state index contributed by atoms with van der Waals surface area (Å²) in [5.41, 5.74) is 0. The molecule has 3 rings (SSSR count). The van der Waals surface area contributed by atoms with Crippen molar-refractivity contribution in [3.8, 4) is 5.75 Å². The van der Waals surface area contributed by atoms with Gasteiger partial charge in [-0.3, -0.25) is 4.79 Å². The van der Waals surface area contributed by atoms with Crippen molar-refractivity contribution in [1.29, 1.82) is 0 Å². The fourth-order valence-corrected chi connectivity index (χ4v) is 5.52. The highest BCUT2D eigenvalue weighted by atomic mass is 79.9. The lowest BCUT2D eigenvalue weighted by Crippen LogP contribution is -2.49. The van der Waals surface area contributed by atoms with Crippen LogP contribution in [0.15, 0.2) is 50.5 Å². The van der Waals surface area contributed by atoms with Crippen LogP contribution in [-0.4, -0.2) is 44.5 Å². The Bertz CT molecular complexity index is 861. The molecule has 0 saturated carbocycles. The second-order valence-corrected chi connectivity index (χ2v) is 10.2. The van der Waals surface area contributed by atoms with E-state index in [0.717, 1.165) is 4.47 Å². The van der Waals surface area contributed by atoms with Crippen LogP contribution in [-0.2, 0) is 14.8 Å². The summed E-state index contributed by atoms with van der Waals surface area (Å²) in [6.07, 6.45) is 0.577. The molecule has 1 unspecified atom stereocenters. The maximum atomic E-state index is 12.6. The Labute approximate surface area is 171 Å². The topological polar surface area (TPSA) is 75.7 Å². The van der Waals surface area contributed by atoms with Crippen molar-refractivity contribution in [2.45, 2.75) is 36.1 Å². The Morgan fingerprint density at radius 3 is 2.52 bits per heavy atom. The minimum absolute atomic E-state index is 0.0857. The minimum Gasteiger partial charge on any atom is -0.481 e. The molecule has 1 atom stereocenters.